The molecule has 7 nitrogen and oxygen atoms in total. The predicted octanol–water partition coefficient (Wildman–Crippen LogP) is 0.244. The molecule has 2 aliphatic rings. The second-order valence-electron chi connectivity index (χ2n) is 5.82. The van der Waals surface area contributed by atoms with Gasteiger partial charge in [-0.05, 0) is 45.2 Å². The number of likely N-dealkylation sites (N-methyl/N-ethyl adjacent to an activating group) is 1. The van der Waals surface area contributed by atoms with Crippen LogP contribution in [-0.2, 0) is 15.0 Å². The van der Waals surface area contributed by atoms with E-state index in [1.807, 2.05) is 0 Å². The Hall–Kier alpha value is -0.700. The fourth-order valence-electron chi connectivity index (χ4n) is 3.16. The number of hydrogen-bond acceptors (Lipinski definition) is 4. The van der Waals surface area contributed by atoms with Crippen molar-refractivity contribution in [1.29, 1.82) is 0 Å². The Labute approximate surface area is 126 Å². The van der Waals surface area contributed by atoms with Crippen LogP contribution in [0.3, 0.4) is 0 Å². The molecule has 2 heterocycles. The van der Waals surface area contributed by atoms with Gasteiger partial charge in [0, 0.05) is 19.1 Å². The van der Waals surface area contributed by atoms with Crippen molar-refractivity contribution >= 4 is 16.2 Å². The van der Waals surface area contributed by atoms with Gasteiger partial charge in [-0.2, -0.15) is 17.4 Å². The summed E-state index contributed by atoms with van der Waals surface area (Å²) in [6.07, 6.45) is 3.64. The number of aliphatic carboxylic acids is 1. The van der Waals surface area contributed by atoms with Crippen molar-refractivity contribution < 1.29 is 18.3 Å². The molecule has 2 fully saturated rings. The molecule has 122 valence electrons. The van der Waals surface area contributed by atoms with Crippen LogP contribution < -0.4 is 4.72 Å². The highest BCUT2D eigenvalue weighted by Gasteiger charge is 2.38. The van der Waals surface area contributed by atoms with E-state index in [4.69, 9.17) is 0 Å². The molecule has 0 spiro atoms. The zero-order valence-electron chi connectivity index (χ0n) is 12.5. The maximum absolute atomic E-state index is 12.5. The van der Waals surface area contributed by atoms with Crippen molar-refractivity contribution in [3.05, 3.63) is 0 Å². The minimum Gasteiger partial charge on any atom is -0.480 e. The number of carbonyl (C=O) groups is 1. The number of nitrogens with one attached hydrogen (secondary N) is 1. The zero-order valence-corrected chi connectivity index (χ0v) is 13.3. The Bertz CT molecular complexity index is 468. The first-order valence-corrected chi connectivity index (χ1v) is 9.12. The van der Waals surface area contributed by atoms with Crippen LogP contribution in [0.4, 0.5) is 0 Å². The largest absolute Gasteiger partial charge is 0.480 e. The molecule has 21 heavy (non-hydrogen) atoms. The van der Waals surface area contributed by atoms with Crippen LogP contribution >= 0.6 is 0 Å². The topological polar surface area (TPSA) is 90.0 Å². The number of rotatable bonds is 5. The molecule has 0 aromatic rings. The molecule has 2 atom stereocenters. The second kappa shape index (κ2) is 7.04. The summed E-state index contributed by atoms with van der Waals surface area (Å²) in [6, 6.07) is -1.05. The van der Waals surface area contributed by atoms with Crippen LogP contribution in [0.25, 0.3) is 0 Å². The third kappa shape index (κ3) is 4.15. The van der Waals surface area contributed by atoms with E-state index in [0.717, 1.165) is 43.1 Å². The molecule has 0 aromatic carbocycles. The minimum absolute atomic E-state index is 0.125. The number of piperidine rings is 2. The van der Waals surface area contributed by atoms with Crippen LogP contribution in [0, 0.1) is 0 Å². The van der Waals surface area contributed by atoms with Gasteiger partial charge in [0.2, 0.25) is 0 Å². The summed E-state index contributed by atoms with van der Waals surface area (Å²) in [7, 11) is -3.73. The van der Waals surface area contributed by atoms with Gasteiger partial charge in [0.15, 0.2) is 0 Å². The van der Waals surface area contributed by atoms with E-state index in [-0.39, 0.29) is 12.6 Å². The summed E-state index contributed by atoms with van der Waals surface area (Å²) in [5.74, 6) is -1.06. The molecule has 2 unspecified atom stereocenters. The van der Waals surface area contributed by atoms with Gasteiger partial charge in [-0.3, -0.25) is 4.79 Å². The van der Waals surface area contributed by atoms with Crippen molar-refractivity contribution in [1.82, 2.24) is 13.9 Å². The van der Waals surface area contributed by atoms with E-state index in [9.17, 15) is 18.3 Å². The van der Waals surface area contributed by atoms with Crippen molar-refractivity contribution in [3.63, 3.8) is 0 Å². The monoisotopic (exact) mass is 319 g/mol. The normalized spacial score (nSPS) is 29.4. The van der Waals surface area contributed by atoms with E-state index < -0.39 is 22.2 Å². The maximum atomic E-state index is 12.5. The number of hydrogen-bond donors (Lipinski definition) is 2. The van der Waals surface area contributed by atoms with Crippen molar-refractivity contribution in [2.45, 2.75) is 51.1 Å². The van der Waals surface area contributed by atoms with E-state index in [1.165, 1.54) is 0 Å². The third-order valence-corrected chi connectivity index (χ3v) is 6.00. The number of likely N-dealkylation sites (tertiary alicyclic amines) is 1. The van der Waals surface area contributed by atoms with Crippen LogP contribution in [-0.4, -0.2) is 67.0 Å². The van der Waals surface area contributed by atoms with Crippen molar-refractivity contribution in [2.75, 3.05) is 26.2 Å². The fraction of sp³-hybridized carbons (Fsp3) is 0.923. The van der Waals surface area contributed by atoms with E-state index in [1.54, 1.807) is 0 Å². The van der Waals surface area contributed by atoms with Crippen molar-refractivity contribution in [2.24, 2.45) is 0 Å². The quantitative estimate of drug-likeness (QED) is 0.758. The van der Waals surface area contributed by atoms with Gasteiger partial charge in [0.1, 0.15) is 6.04 Å². The molecule has 2 rings (SSSR count). The minimum atomic E-state index is -3.73. The zero-order chi connectivity index (χ0) is 15.5. The lowest BCUT2D eigenvalue weighted by molar-refractivity contribution is -0.142. The van der Waals surface area contributed by atoms with Gasteiger partial charge in [0.25, 0.3) is 10.2 Å². The number of nitrogens with zero attached hydrogens (tertiary/aromatic N) is 2. The van der Waals surface area contributed by atoms with Gasteiger partial charge in [0.05, 0.1) is 0 Å². The fourth-order valence-corrected chi connectivity index (χ4v) is 4.81. The van der Waals surface area contributed by atoms with Gasteiger partial charge in [-0.15, -0.1) is 0 Å². The lowest BCUT2D eigenvalue weighted by Gasteiger charge is -2.36. The highest BCUT2D eigenvalue weighted by atomic mass is 32.2. The predicted molar refractivity (Wildman–Crippen MR) is 79.2 cm³/mol. The molecule has 8 heteroatoms. The summed E-state index contributed by atoms with van der Waals surface area (Å²) in [6.45, 7) is 4.94. The summed E-state index contributed by atoms with van der Waals surface area (Å²) in [5.41, 5.74) is 0. The molecule has 2 N–H and O–H groups in total. The third-order valence-electron chi connectivity index (χ3n) is 4.32. The van der Waals surface area contributed by atoms with Gasteiger partial charge in [-0.1, -0.05) is 6.92 Å². The Morgan fingerprint density at radius 2 is 2.00 bits per heavy atom. The van der Waals surface area contributed by atoms with Crippen LogP contribution in [0.15, 0.2) is 0 Å². The van der Waals surface area contributed by atoms with E-state index in [0.29, 0.717) is 13.0 Å². The Balaban J connectivity index is 2.04. The summed E-state index contributed by atoms with van der Waals surface area (Å²) in [5, 5.41) is 9.22. The van der Waals surface area contributed by atoms with E-state index >= 15 is 0 Å². The first-order chi connectivity index (χ1) is 9.94. The molecule has 2 aliphatic heterocycles. The summed E-state index contributed by atoms with van der Waals surface area (Å²) >= 11 is 0. The molecule has 0 aromatic heterocycles. The summed E-state index contributed by atoms with van der Waals surface area (Å²) in [4.78, 5) is 13.5. The molecule has 2 saturated heterocycles. The lowest BCUT2D eigenvalue weighted by atomic mass is 10.1. The van der Waals surface area contributed by atoms with Gasteiger partial charge >= 0.3 is 5.97 Å². The molecular weight excluding hydrogens is 294 g/mol. The average Bonchev–Trinajstić information content (AvgIpc) is 2.47. The standard InChI is InChI=1S/C13H25N3O4S/c1-2-15-8-5-6-11(10-15)14-21(19,20)16-9-4-3-7-12(16)13(17)18/h11-12,14H,2-10H2,1H3,(H,17,18). The molecule has 0 bridgehead atoms. The Kier molecular flexibility index (Phi) is 5.59. The smallest absolute Gasteiger partial charge is 0.322 e. The molecule has 0 amide bonds. The SMILES string of the molecule is CCN1CCCC(NS(=O)(=O)N2CCCCC2C(=O)O)C1. The first kappa shape index (κ1) is 16.7. The summed E-state index contributed by atoms with van der Waals surface area (Å²) < 4.78 is 28.8. The average molecular weight is 319 g/mol. The van der Waals surface area contributed by atoms with Crippen LogP contribution in [0.2, 0.25) is 0 Å². The first-order valence-electron chi connectivity index (χ1n) is 7.68. The number of carboxylic acid groups (broad SMARTS) is 1. The van der Waals surface area contributed by atoms with Gasteiger partial charge < -0.3 is 10.0 Å². The Morgan fingerprint density at radius 1 is 1.24 bits per heavy atom. The van der Waals surface area contributed by atoms with Gasteiger partial charge in [-0.25, -0.2) is 0 Å². The maximum Gasteiger partial charge on any atom is 0.322 e. The van der Waals surface area contributed by atoms with E-state index in [2.05, 4.69) is 16.5 Å². The molecular formula is C13H25N3O4S. The molecule has 0 saturated carbocycles. The highest BCUT2D eigenvalue weighted by molar-refractivity contribution is 7.87. The highest BCUT2D eigenvalue weighted by Crippen LogP contribution is 2.21. The number of carboxylic acids is 1. The van der Waals surface area contributed by atoms with Crippen molar-refractivity contribution in [3.8, 4) is 0 Å². The lowest BCUT2D eigenvalue weighted by Crippen LogP contribution is -2.56. The molecule has 0 radical (unpaired) electrons. The molecule has 0 aliphatic carbocycles. The Morgan fingerprint density at radius 3 is 2.67 bits per heavy atom. The second-order valence-corrected chi connectivity index (χ2v) is 7.47. The van der Waals surface area contributed by atoms with Crippen LogP contribution in [0.5, 0.6) is 0 Å². The van der Waals surface area contributed by atoms with Crippen LogP contribution in [0.1, 0.15) is 39.0 Å².